The fourth-order valence-corrected chi connectivity index (χ4v) is 1.33. The van der Waals surface area contributed by atoms with Crippen LogP contribution >= 0.6 is 12.4 Å². The summed E-state index contributed by atoms with van der Waals surface area (Å²) in [7, 11) is 1.62. The lowest BCUT2D eigenvalue weighted by molar-refractivity contribution is 0.0335. The number of rotatable bonds is 6. The second-order valence-corrected chi connectivity index (χ2v) is 3.52. The average Bonchev–Trinajstić information content (AvgIpc) is 2.42. The summed E-state index contributed by atoms with van der Waals surface area (Å²) in [5.41, 5.74) is 6.92. The zero-order chi connectivity index (χ0) is 13.4. The second-order valence-electron chi connectivity index (χ2n) is 3.52. The molecule has 19 heavy (non-hydrogen) atoms. The number of carbonyl (C=O) groups excluding carboxylic acids is 1. The lowest BCUT2D eigenvalue weighted by Crippen LogP contribution is -2.14. The summed E-state index contributed by atoms with van der Waals surface area (Å²) in [4.78, 5) is 15.5. The normalized spacial score (nSPS) is 10.7. The zero-order valence-corrected chi connectivity index (χ0v) is 11.9. The molecule has 0 aliphatic rings. The Labute approximate surface area is 119 Å². The quantitative estimate of drug-likeness (QED) is 0.373. The fraction of sp³-hybridized carbons (Fsp3) is 0.385. The summed E-state index contributed by atoms with van der Waals surface area (Å²) in [5, 5.41) is 0. The van der Waals surface area contributed by atoms with Crippen molar-refractivity contribution < 1.29 is 14.3 Å². The average molecular weight is 287 g/mol. The molecule has 0 fully saturated rings. The third kappa shape index (κ3) is 5.72. The minimum atomic E-state index is -0.367. The highest BCUT2D eigenvalue weighted by Crippen LogP contribution is 2.06. The maximum atomic E-state index is 11.6. The Morgan fingerprint density at radius 1 is 1.21 bits per heavy atom. The number of carbonyl (C=O) groups is 1. The summed E-state index contributed by atoms with van der Waals surface area (Å²) in [5.74, 6) is 0.0690. The fourth-order valence-electron chi connectivity index (χ4n) is 1.33. The van der Waals surface area contributed by atoms with Gasteiger partial charge in [-0.25, -0.2) is 4.79 Å². The minimum Gasteiger partial charge on any atom is -0.460 e. The van der Waals surface area contributed by atoms with Crippen LogP contribution in [0, 0.1) is 0 Å². The maximum Gasteiger partial charge on any atom is 0.338 e. The van der Waals surface area contributed by atoms with Crippen molar-refractivity contribution >= 4 is 24.2 Å². The van der Waals surface area contributed by atoms with Gasteiger partial charge in [0.15, 0.2) is 0 Å². The van der Waals surface area contributed by atoms with E-state index in [0.29, 0.717) is 24.6 Å². The van der Waals surface area contributed by atoms with E-state index >= 15 is 0 Å². The molecular formula is C13H19ClN2O3. The summed E-state index contributed by atoms with van der Waals surface area (Å²) in [6.45, 7) is 3.17. The number of hydrogen-bond acceptors (Lipinski definition) is 4. The van der Waals surface area contributed by atoms with E-state index in [0.717, 1.165) is 5.56 Å². The second kappa shape index (κ2) is 9.35. The number of aliphatic imine (C=N–C) groups is 1. The molecule has 0 radical (unpaired) electrons. The van der Waals surface area contributed by atoms with E-state index in [1.807, 2.05) is 6.92 Å². The Morgan fingerprint density at radius 3 is 2.32 bits per heavy atom. The van der Waals surface area contributed by atoms with Crippen molar-refractivity contribution in [1.82, 2.24) is 0 Å². The highest BCUT2D eigenvalue weighted by Gasteiger charge is 2.07. The monoisotopic (exact) mass is 286 g/mol. The van der Waals surface area contributed by atoms with E-state index < -0.39 is 0 Å². The van der Waals surface area contributed by atoms with Crippen LogP contribution in [0.1, 0.15) is 22.8 Å². The highest BCUT2D eigenvalue weighted by atomic mass is 35.5. The summed E-state index contributed by atoms with van der Waals surface area (Å²) in [6, 6.07) is 6.80. The van der Waals surface area contributed by atoms with E-state index in [2.05, 4.69) is 4.99 Å². The molecule has 0 unspecified atom stereocenters. The minimum absolute atomic E-state index is 0. The predicted molar refractivity (Wildman–Crippen MR) is 77.1 cm³/mol. The molecule has 0 amide bonds. The molecule has 0 bridgehead atoms. The Hall–Kier alpha value is -1.59. The van der Waals surface area contributed by atoms with Gasteiger partial charge in [-0.1, -0.05) is 12.1 Å². The Balaban J connectivity index is 0.00000324. The first kappa shape index (κ1) is 17.4. The van der Waals surface area contributed by atoms with Gasteiger partial charge in [0.25, 0.3) is 0 Å². The Morgan fingerprint density at radius 2 is 1.79 bits per heavy atom. The van der Waals surface area contributed by atoms with Crippen LogP contribution in [-0.2, 0) is 9.47 Å². The van der Waals surface area contributed by atoms with Crippen LogP contribution in [0.15, 0.2) is 29.3 Å². The van der Waals surface area contributed by atoms with Gasteiger partial charge in [-0.05, 0) is 19.1 Å². The number of benzene rings is 1. The first-order valence-corrected chi connectivity index (χ1v) is 5.76. The smallest absolute Gasteiger partial charge is 0.338 e. The van der Waals surface area contributed by atoms with Gasteiger partial charge >= 0.3 is 5.97 Å². The number of amidine groups is 1. The van der Waals surface area contributed by atoms with Gasteiger partial charge in [0.1, 0.15) is 12.4 Å². The summed E-state index contributed by atoms with van der Waals surface area (Å²) >= 11 is 0. The van der Waals surface area contributed by atoms with Crippen molar-refractivity contribution in [1.29, 1.82) is 0 Å². The predicted octanol–water partition coefficient (Wildman–Crippen LogP) is 1.64. The Kier molecular flexibility index (Phi) is 8.57. The molecule has 0 heterocycles. The first-order valence-electron chi connectivity index (χ1n) is 5.76. The van der Waals surface area contributed by atoms with E-state index in [1.54, 1.807) is 31.3 Å². The highest BCUT2D eigenvalue weighted by molar-refractivity contribution is 5.98. The molecule has 106 valence electrons. The molecule has 0 aromatic heterocycles. The maximum absolute atomic E-state index is 11.6. The van der Waals surface area contributed by atoms with Crippen LogP contribution < -0.4 is 5.73 Å². The van der Waals surface area contributed by atoms with Crippen LogP contribution in [0.2, 0.25) is 0 Å². The lowest BCUT2D eigenvalue weighted by atomic mass is 10.1. The number of halogens is 1. The van der Waals surface area contributed by atoms with Crippen molar-refractivity contribution in [2.45, 2.75) is 6.92 Å². The molecule has 0 spiro atoms. The van der Waals surface area contributed by atoms with E-state index in [4.69, 9.17) is 15.2 Å². The van der Waals surface area contributed by atoms with Gasteiger partial charge in [0.05, 0.1) is 12.2 Å². The number of nitrogens with two attached hydrogens (primary N) is 1. The molecule has 0 atom stereocenters. The third-order valence-corrected chi connectivity index (χ3v) is 2.32. The molecule has 2 N–H and O–H groups in total. The topological polar surface area (TPSA) is 73.9 Å². The standard InChI is InChI=1S/C13H18N2O3.ClH/c1-3-17-8-9-18-13(16)11-6-4-10(5-7-11)12(14)15-2;/h4-7H,3,8-9H2,1-2H3,(H2,14,15);1H. The van der Waals surface area contributed by atoms with Crippen LogP contribution in [0.5, 0.6) is 0 Å². The number of esters is 1. The van der Waals surface area contributed by atoms with E-state index in [1.165, 1.54) is 0 Å². The van der Waals surface area contributed by atoms with Gasteiger partial charge in [0, 0.05) is 19.2 Å². The summed E-state index contributed by atoms with van der Waals surface area (Å²) in [6.07, 6.45) is 0. The Bertz CT molecular complexity index is 418. The first-order chi connectivity index (χ1) is 8.69. The summed E-state index contributed by atoms with van der Waals surface area (Å²) < 4.78 is 10.1. The molecule has 0 saturated heterocycles. The molecule has 6 heteroatoms. The third-order valence-electron chi connectivity index (χ3n) is 2.32. The van der Waals surface area contributed by atoms with Crippen LogP contribution in [0.3, 0.4) is 0 Å². The van der Waals surface area contributed by atoms with Crippen LogP contribution in [-0.4, -0.2) is 38.7 Å². The van der Waals surface area contributed by atoms with Gasteiger partial charge in [-0.3, -0.25) is 4.99 Å². The van der Waals surface area contributed by atoms with Crippen molar-refractivity contribution in [3.63, 3.8) is 0 Å². The SMILES string of the molecule is CCOCCOC(=O)c1ccc(C(N)=NC)cc1.Cl. The molecular weight excluding hydrogens is 268 g/mol. The van der Waals surface area contributed by atoms with Crippen molar-refractivity contribution in [3.8, 4) is 0 Å². The largest absolute Gasteiger partial charge is 0.460 e. The van der Waals surface area contributed by atoms with Crippen LogP contribution in [0.25, 0.3) is 0 Å². The molecule has 0 saturated carbocycles. The van der Waals surface area contributed by atoms with Crippen molar-refractivity contribution in [2.24, 2.45) is 10.7 Å². The van der Waals surface area contributed by atoms with Gasteiger partial charge < -0.3 is 15.2 Å². The molecule has 0 aliphatic carbocycles. The van der Waals surface area contributed by atoms with Crippen LogP contribution in [0.4, 0.5) is 0 Å². The van der Waals surface area contributed by atoms with Gasteiger partial charge in [0.2, 0.25) is 0 Å². The number of hydrogen-bond donors (Lipinski definition) is 1. The molecule has 0 aliphatic heterocycles. The molecule has 1 aromatic carbocycles. The van der Waals surface area contributed by atoms with E-state index in [9.17, 15) is 4.79 Å². The molecule has 5 nitrogen and oxygen atoms in total. The molecule has 1 aromatic rings. The number of nitrogens with zero attached hydrogens (tertiary/aromatic N) is 1. The van der Waals surface area contributed by atoms with Gasteiger partial charge in [-0.2, -0.15) is 0 Å². The van der Waals surface area contributed by atoms with Crippen molar-refractivity contribution in [2.75, 3.05) is 26.9 Å². The molecule has 1 rings (SSSR count). The van der Waals surface area contributed by atoms with Gasteiger partial charge in [-0.15, -0.1) is 12.4 Å². The van der Waals surface area contributed by atoms with Crippen molar-refractivity contribution in [3.05, 3.63) is 35.4 Å². The number of ether oxygens (including phenoxy) is 2. The zero-order valence-electron chi connectivity index (χ0n) is 11.1. The lowest BCUT2D eigenvalue weighted by Gasteiger charge is -2.05. The van der Waals surface area contributed by atoms with E-state index in [-0.39, 0.29) is 25.0 Å².